The van der Waals surface area contributed by atoms with Crippen LogP contribution in [0.4, 0.5) is 5.69 Å². The summed E-state index contributed by atoms with van der Waals surface area (Å²) in [6.45, 7) is 2.46. The molecule has 0 saturated heterocycles. The number of anilines is 1. The molecule has 2 rings (SSSR count). The van der Waals surface area contributed by atoms with Gasteiger partial charge in [-0.15, -0.1) is 0 Å². The monoisotopic (exact) mass is 363 g/mol. The molecular weight excluding hydrogens is 342 g/mol. The van der Waals surface area contributed by atoms with Gasteiger partial charge in [-0.1, -0.05) is 17.3 Å². The van der Waals surface area contributed by atoms with E-state index in [1.165, 1.54) is 14.1 Å². The molecular formula is C17H21N3O4S. The molecule has 0 aliphatic rings. The van der Waals surface area contributed by atoms with Crippen molar-refractivity contribution in [3.63, 3.8) is 0 Å². The Morgan fingerprint density at radius 2 is 1.84 bits per heavy atom. The van der Waals surface area contributed by atoms with Crippen LogP contribution in [0, 0.1) is 0 Å². The molecule has 0 aliphatic heterocycles. The third kappa shape index (κ3) is 4.71. The lowest BCUT2D eigenvalue weighted by Crippen LogP contribution is -2.29. The fraction of sp³-hybridized carbons (Fsp3) is 0.235. The van der Waals surface area contributed by atoms with Crippen molar-refractivity contribution in [3.8, 4) is 5.75 Å². The minimum atomic E-state index is -3.61. The van der Waals surface area contributed by atoms with Crippen LogP contribution in [0.3, 0.4) is 0 Å². The lowest BCUT2D eigenvalue weighted by atomic mass is 10.0. The third-order valence-corrected chi connectivity index (χ3v) is 4.86. The van der Waals surface area contributed by atoms with Gasteiger partial charge in [-0.05, 0) is 43.3 Å². The summed E-state index contributed by atoms with van der Waals surface area (Å²) in [6, 6.07) is 13.8. The number of hydrogen-bond donors (Lipinski definition) is 2. The van der Waals surface area contributed by atoms with Gasteiger partial charge >= 0.3 is 10.2 Å². The van der Waals surface area contributed by atoms with Crippen LogP contribution in [0.5, 0.6) is 5.75 Å². The Hall–Kier alpha value is -2.58. The molecule has 25 heavy (non-hydrogen) atoms. The van der Waals surface area contributed by atoms with Gasteiger partial charge in [0.05, 0.1) is 12.3 Å². The maximum absolute atomic E-state index is 11.9. The first-order valence-corrected chi connectivity index (χ1v) is 9.07. The maximum Gasteiger partial charge on any atom is 0.301 e. The standard InChI is InChI=1S/C17H21N3O4S/c1-4-24-16-10-8-13(9-11-16)17(18-21)14-6-5-7-15(12-14)19-25(22,23)20(2)3/h5-12,19,21H,4H2,1-3H3/b18-17+. The molecule has 0 saturated carbocycles. The first kappa shape index (κ1) is 18.8. The molecule has 2 aromatic carbocycles. The van der Waals surface area contributed by atoms with Gasteiger partial charge in [-0.3, -0.25) is 4.72 Å². The second kappa shape index (κ2) is 8.00. The molecule has 2 aromatic rings. The van der Waals surface area contributed by atoms with Crippen LogP contribution in [0.2, 0.25) is 0 Å². The van der Waals surface area contributed by atoms with Crippen molar-refractivity contribution >= 4 is 21.6 Å². The molecule has 0 aromatic heterocycles. The molecule has 0 heterocycles. The fourth-order valence-corrected chi connectivity index (χ4v) is 2.74. The Kier molecular flexibility index (Phi) is 6.00. The minimum absolute atomic E-state index is 0.328. The van der Waals surface area contributed by atoms with Crippen LogP contribution in [0.25, 0.3) is 0 Å². The zero-order valence-corrected chi connectivity index (χ0v) is 15.1. The number of benzene rings is 2. The van der Waals surface area contributed by atoms with Crippen molar-refractivity contribution in [2.45, 2.75) is 6.92 Å². The molecule has 7 nitrogen and oxygen atoms in total. The average Bonchev–Trinajstić information content (AvgIpc) is 2.57. The van der Waals surface area contributed by atoms with E-state index in [4.69, 9.17) is 4.74 Å². The Morgan fingerprint density at radius 3 is 2.40 bits per heavy atom. The maximum atomic E-state index is 11.9. The summed E-state index contributed by atoms with van der Waals surface area (Å²) in [6.07, 6.45) is 0. The fourth-order valence-electron chi connectivity index (χ4n) is 2.13. The molecule has 0 bridgehead atoms. The third-order valence-electron chi connectivity index (χ3n) is 3.40. The second-order valence-corrected chi connectivity index (χ2v) is 7.26. The first-order chi connectivity index (χ1) is 11.9. The second-order valence-electron chi connectivity index (χ2n) is 5.38. The van der Waals surface area contributed by atoms with Crippen molar-refractivity contribution < 1.29 is 18.4 Å². The summed E-state index contributed by atoms with van der Waals surface area (Å²) in [5.41, 5.74) is 1.96. The van der Waals surface area contributed by atoms with E-state index in [0.717, 1.165) is 10.1 Å². The zero-order chi connectivity index (χ0) is 18.4. The van der Waals surface area contributed by atoms with E-state index in [-0.39, 0.29) is 0 Å². The summed E-state index contributed by atoms with van der Waals surface area (Å²) < 4.78 is 32.8. The molecule has 0 atom stereocenters. The lowest BCUT2D eigenvalue weighted by molar-refractivity contribution is 0.319. The molecule has 0 unspecified atom stereocenters. The highest BCUT2D eigenvalue weighted by Gasteiger charge is 2.14. The number of rotatable bonds is 7. The van der Waals surface area contributed by atoms with E-state index < -0.39 is 10.2 Å². The number of ether oxygens (including phenoxy) is 1. The molecule has 0 radical (unpaired) electrons. The van der Waals surface area contributed by atoms with Crippen LogP contribution in [0.1, 0.15) is 18.1 Å². The molecule has 0 aliphatic carbocycles. The Bertz CT molecular complexity index is 846. The van der Waals surface area contributed by atoms with E-state index in [2.05, 4.69) is 9.88 Å². The molecule has 0 amide bonds. The van der Waals surface area contributed by atoms with Crippen LogP contribution < -0.4 is 9.46 Å². The van der Waals surface area contributed by atoms with Gasteiger partial charge in [0.2, 0.25) is 0 Å². The molecule has 2 N–H and O–H groups in total. The molecule has 0 spiro atoms. The number of nitrogens with zero attached hydrogens (tertiary/aromatic N) is 2. The van der Waals surface area contributed by atoms with E-state index in [1.54, 1.807) is 48.5 Å². The Morgan fingerprint density at radius 1 is 1.16 bits per heavy atom. The summed E-state index contributed by atoms with van der Waals surface area (Å²) in [7, 11) is -0.738. The van der Waals surface area contributed by atoms with Crippen LogP contribution in [-0.4, -0.2) is 44.3 Å². The van der Waals surface area contributed by atoms with Gasteiger partial charge < -0.3 is 9.94 Å². The molecule has 134 valence electrons. The first-order valence-electron chi connectivity index (χ1n) is 7.63. The van der Waals surface area contributed by atoms with Gasteiger partial charge in [0.1, 0.15) is 11.5 Å². The van der Waals surface area contributed by atoms with Crippen molar-refractivity contribution in [3.05, 3.63) is 59.7 Å². The van der Waals surface area contributed by atoms with Gasteiger partial charge in [-0.25, -0.2) is 0 Å². The average molecular weight is 363 g/mol. The summed E-state index contributed by atoms with van der Waals surface area (Å²) in [5.74, 6) is 0.719. The molecule has 0 fully saturated rings. The van der Waals surface area contributed by atoms with Crippen molar-refractivity contribution in [2.24, 2.45) is 5.16 Å². The predicted molar refractivity (Wildman–Crippen MR) is 97.7 cm³/mol. The van der Waals surface area contributed by atoms with Crippen molar-refractivity contribution in [1.29, 1.82) is 0 Å². The summed E-state index contributed by atoms with van der Waals surface area (Å²) in [5, 5.41) is 12.8. The van der Waals surface area contributed by atoms with Gasteiger partial charge in [-0.2, -0.15) is 12.7 Å². The zero-order valence-electron chi connectivity index (χ0n) is 14.3. The highest BCUT2D eigenvalue weighted by atomic mass is 32.2. The highest BCUT2D eigenvalue weighted by molar-refractivity contribution is 7.90. The van der Waals surface area contributed by atoms with E-state index >= 15 is 0 Å². The molecule has 8 heteroatoms. The van der Waals surface area contributed by atoms with Gasteiger partial charge in [0, 0.05) is 25.2 Å². The topological polar surface area (TPSA) is 91.2 Å². The van der Waals surface area contributed by atoms with Gasteiger partial charge in [0.25, 0.3) is 0 Å². The highest BCUT2D eigenvalue weighted by Crippen LogP contribution is 2.19. The number of nitrogens with one attached hydrogen (secondary N) is 1. The quantitative estimate of drug-likeness (QED) is 0.449. The minimum Gasteiger partial charge on any atom is -0.494 e. The largest absolute Gasteiger partial charge is 0.494 e. The number of hydrogen-bond acceptors (Lipinski definition) is 5. The van der Waals surface area contributed by atoms with E-state index in [1.807, 2.05) is 6.92 Å². The van der Waals surface area contributed by atoms with Crippen LogP contribution in [-0.2, 0) is 10.2 Å². The van der Waals surface area contributed by atoms with Crippen molar-refractivity contribution in [1.82, 2.24) is 4.31 Å². The van der Waals surface area contributed by atoms with E-state index in [0.29, 0.717) is 29.1 Å². The lowest BCUT2D eigenvalue weighted by Gasteiger charge is -2.14. The SMILES string of the molecule is CCOc1ccc(/C(=N\O)c2cccc(NS(=O)(=O)N(C)C)c2)cc1. The summed E-state index contributed by atoms with van der Waals surface area (Å²) >= 11 is 0. The predicted octanol–water partition coefficient (Wildman–Crippen LogP) is 2.53. The summed E-state index contributed by atoms with van der Waals surface area (Å²) in [4.78, 5) is 0. The van der Waals surface area contributed by atoms with Crippen LogP contribution >= 0.6 is 0 Å². The van der Waals surface area contributed by atoms with E-state index in [9.17, 15) is 13.6 Å². The smallest absolute Gasteiger partial charge is 0.301 e. The normalized spacial score (nSPS) is 12.2. The Labute approximate surface area is 147 Å². The number of oxime groups is 1. The van der Waals surface area contributed by atoms with Crippen molar-refractivity contribution in [2.75, 3.05) is 25.4 Å². The van der Waals surface area contributed by atoms with Gasteiger partial charge in [0.15, 0.2) is 0 Å². The van der Waals surface area contributed by atoms with Crippen LogP contribution in [0.15, 0.2) is 53.7 Å². The Balaban J connectivity index is 2.31.